The van der Waals surface area contributed by atoms with Gasteiger partial charge in [-0.1, -0.05) is 40.5 Å². The fraction of sp³-hybridized carbons (Fsp3) is 0.259. The van der Waals surface area contributed by atoms with E-state index in [1.165, 1.54) is 0 Å². The zero-order chi connectivity index (χ0) is 26.5. The number of carbonyl (C=O) groups is 2. The first-order valence-electron chi connectivity index (χ1n) is 12.2. The zero-order valence-corrected chi connectivity index (χ0v) is 21.8. The van der Waals surface area contributed by atoms with Gasteiger partial charge in [-0.3, -0.25) is 14.5 Å². The van der Waals surface area contributed by atoms with Crippen molar-refractivity contribution >= 4 is 40.7 Å². The van der Waals surface area contributed by atoms with Crippen molar-refractivity contribution in [1.29, 1.82) is 0 Å². The monoisotopic (exact) mass is 553 g/mol. The third-order valence-electron chi connectivity index (χ3n) is 6.31. The number of likely N-dealkylation sites (tertiary alicyclic amines) is 1. The maximum atomic E-state index is 13.2. The van der Waals surface area contributed by atoms with Gasteiger partial charge in [-0.15, -0.1) is 0 Å². The molecule has 4 aromatic rings. The number of carbonyl (C=O) groups excluding carboxylic acids is 2. The van der Waals surface area contributed by atoms with Gasteiger partial charge in [0.2, 0.25) is 17.6 Å². The Morgan fingerprint density at radius 1 is 1.11 bits per heavy atom. The topological polar surface area (TPSA) is 114 Å². The Kier molecular flexibility index (Phi) is 8.07. The molecule has 0 aliphatic carbocycles. The van der Waals surface area contributed by atoms with E-state index in [1.54, 1.807) is 60.9 Å². The van der Waals surface area contributed by atoms with E-state index in [0.717, 1.165) is 19.4 Å². The number of furan rings is 1. The molecule has 11 heteroatoms. The summed E-state index contributed by atoms with van der Waals surface area (Å²) in [5.74, 6) is 0.777. The van der Waals surface area contributed by atoms with Crippen LogP contribution in [0.2, 0.25) is 10.0 Å². The number of benzene rings is 2. The first kappa shape index (κ1) is 26.0. The van der Waals surface area contributed by atoms with E-state index >= 15 is 0 Å². The van der Waals surface area contributed by atoms with Crippen LogP contribution < -0.4 is 10.6 Å². The first-order chi connectivity index (χ1) is 18.5. The Hall–Kier alpha value is -3.66. The van der Waals surface area contributed by atoms with E-state index in [-0.39, 0.29) is 24.3 Å². The third kappa shape index (κ3) is 6.24. The van der Waals surface area contributed by atoms with Crippen molar-refractivity contribution in [1.82, 2.24) is 20.4 Å². The number of anilines is 1. The number of para-hydroxylation sites is 1. The van der Waals surface area contributed by atoms with Gasteiger partial charge in [-0.05, 0) is 61.9 Å². The molecule has 9 nitrogen and oxygen atoms in total. The zero-order valence-electron chi connectivity index (χ0n) is 20.3. The van der Waals surface area contributed by atoms with Crippen LogP contribution in [-0.4, -0.2) is 39.9 Å². The number of aromatic nitrogens is 2. The van der Waals surface area contributed by atoms with Crippen molar-refractivity contribution in [2.45, 2.75) is 25.9 Å². The molecule has 2 N–H and O–H groups in total. The highest BCUT2D eigenvalue weighted by molar-refractivity contribution is 6.36. The third-order valence-corrected chi connectivity index (χ3v) is 6.86. The molecule has 38 heavy (non-hydrogen) atoms. The molecule has 0 bridgehead atoms. The lowest BCUT2D eigenvalue weighted by Gasteiger charge is -2.31. The number of rotatable bonds is 8. The Bertz CT molecular complexity index is 1420. The van der Waals surface area contributed by atoms with E-state index in [4.69, 9.17) is 32.1 Å². The summed E-state index contributed by atoms with van der Waals surface area (Å²) in [6, 6.07) is 15.6. The van der Waals surface area contributed by atoms with Crippen molar-refractivity contribution in [2.24, 2.45) is 5.92 Å². The Morgan fingerprint density at radius 3 is 2.79 bits per heavy atom. The van der Waals surface area contributed by atoms with Crippen LogP contribution in [0, 0.1) is 5.92 Å². The maximum absolute atomic E-state index is 13.2. The van der Waals surface area contributed by atoms with Crippen LogP contribution in [0.3, 0.4) is 0 Å². The van der Waals surface area contributed by atoms with E-state index in [9.17, 15) is 9.59 Å². The number of hydrogen-bond donors (Lipinski definition) is 2. The van der Waals surface area contributed by atoms with Crippen LogP contribution in [0.15, 0.2) is 69.8 Å². The van der Waals surface area contributed by atoms with Crippen molar-refractivity contribution < 1.29 is 18.5 Å². The first-order valence-corrected chi connectivity index (χ1v) is 12.9. The molecule has 0 radical (unpaired) electrons. The van der Waals surface area contributed by atoms with Crippen molar-refractivity contribution in [3.8, 4) is 11.4 Å². The Labute approximate surface area is 229 Å². The molecule has 3 heterocycles. The average Bonchev–Trinajstić information content (AvgIpc) is 3.60. The number of piperidine rings is 1. The standard InChI is InChI=1S/C27H25Cl2N5O4/c28-18-9-10-20(22(29)13-18)25-32-24(38-33-25)16-34-11-3-5-17(15-34)26(35)31-23-8-2-1-7-21(23)27(36)30-14-19-6-4-12-37-19/h1-2,4,6-10,12-13,17H,3,5,11,14-16H2,(H,30,36)(H,31,35). The molecule has 2 aromatic carbocycles. The molecule has 1 aliphatic rings. The molecule has 2 amide bonds. The summed E-state index contributed by atoms with van der Waals surface area (Å²) in [5, 5.41) is 10.8. The van der Waals surface area contributed by atoms with Crippen LogP contribution in [0.4, 0.5) is 5.69 Å². The van der Waals surface area contributed by atoms with Gasteiger partial charge >= 0.3 is 0 Å². The molecule has 0 spiro atoms. The van der Waals surface area contributed by atoms with E-state index in [0.29, 0.717) is 57.4 Å². The van der Waals surface area contributed by atoms with Crippen LogP contribution >= 0.6 is 23.2 Å². The molecular weight excluding hydrogens is 529 g/mol. The molecule has 1 atom stereocenters. The van der Waals surface area contributed by atoms with Crippen molar-refractivity contribution in [3.05, 3.63) is 88.1 Å². The number of amides is 2. The SMILES string of the molecule is O=C(NCc1ccco1)c1ccccc1NC(=O)C1CCCN(Cc2nc(-c3ccc(Cl)cc3Cl)no2)C1. The van der Waals surface area contributed by atoms with E-state index in [1.807, 2.05) is 0 Å². The number of nitrogens with one attached hydrogen (secondary N) is 2. The smallest absolute Gasteiger partial charge is 0.253 e. The molecule has 1 fully saturated rings. The van der Waals surface area contributed by atoms with Gasteiger partial charge in [0.25, 0.3) is 5.91 Å². The highest BCUT2D eigenvalue weighted by Crippen LogP contribution is 2.29. The second-order valence-electron chi connectivity index (χ2n) is 9.01. The van der Waals surface area contributed by atoms with Crippen molar-refractivity contribution in [2.75, 3.05) is 18.4 Å². The fourth-order valence-corrected chi connectivity index (χ4v) is 4.90. The number of nitrogens with zero attached hydrogens (tertiary/aromatic N) is 3. The highest BCUT2D eigenvalue weighted by atomic mass is 35.5. The van der Waals surface area contributed by atoms with Gasteiger partial charge in [0.05, 0.1) is 41.5 Å². The predicted octanol–water partition coefficient (Wildman–Crippen LogP) is 5.42. The minimum Gasteiger partial charge on any atom is -0.467 e. The van der Waals surface area contributed by atoms with Crippen molar-refractivity contribution in [3.63, 3.8) is 0 Å². The summed E-state index contributed by atoms with van der Waals surface area (Å²) < 4.78 is 10.7. The van der Waals surface area contributed by atoms with Gasteiger partial charge in [0.1, 0.15) is 5.76 Å². The second-order valence-corrected chi connectivity index (χ2v) is 9.85. The largest absolute Gasteiger partial charge is 0.467 e. The van der Waals surface area contributed by atoms with Gasteiger partial charge < -0.3 is 19.6 Å². The van der Waals surface area contributed by atoms with E-state index < -0.39 is 0 Å². The molecule has 0 saturated carbocycles. The summed E-state index contributed by atoms with van der Waals surface area (Å²) in [4.78, 5) is 32.5. The van der Waals surface area contributed by atoms with Gasteiger partial charge in [0, 0.05) is 17.1 Å². The predicted molar refractivity (Wildman–Crippen MR) is 143 cm³/mol. The molecule has 1 saturated heterocycles. The normalized spacial score (nSPS) is 15.8. The fourth-order valence-electron chi connectivity index (χ4n) is 4.40. The highest BCUT2D eigenvalue weighted by Gasteiger charge is 2.28. The van der Waals surface area contributed by atoms with E-state index in [2.05, 4.69) is 25.7 Å². The summed E-state index contributed by atoms with van der Waals surface area (Å²) in [7, 11) is 0. The van der Waals surface area contributed by atoms with Crippen LogP contribution in [0.1, 0.15) is 34.9 Å². The van der Waals surface area contributed by atoms with Crippen LogP contribution in [-0.2, 0) is 17.9 Å². The quantitative estimate of drug-likeness (QED) is 0.299. The second kappa shape index (κ2) is 11.8. The molecule has 2 aromatic heterocycles. The van der Waals surface area contributed by atoms with Gasteiger partial charge in [-0.2, -0.15) is 4.98 Å². The Balaban J connectivity index is 1.19. The molecule has 1 unspecified atom stereocenters. The number of hydrogen-bond acceptors (Lipinski definition) is 7. The minimum absolute atomic E-state index is 0.139. The molecule has 1 aliphatic heterocycles. The maximum Gasteiger partial charge on any atom is 0.253 e. The lowest BCUT2D eigenvalue weighted by molar-refractivity contribution is -0.121. The summed E-state index contributed by atoms with van der Waals surface area (Å²) in [6.45, 7) is 1.99. The minimum atomic E-state index is -0.296. The lowest BCUT2D eigenvalue weighted by Crippen LogP contribution is -2.40. The summed E-state index contributed by atoms with van der Waals surface area (Å²) in [5.41, 5.74) is 1.49. The Morgan fingerprint density at radius 2 is 1.97 bits per heavy atom. The molecule has 196 valence electrons. The summed E-state index contributed by atoms with van der Waals surface area (Å²) in [6.07, 6.45) is 3.13. The average molecular weight is 554 g/mol. The van der Waals surface area contributed by atoms with Crippen LogP contribution in [0.5, 0.6) is 0 Å². The van der Waals surface area contributed by atoms with Gasteiger partial charge in [0.15, 0.2) is 0 Å². The lowest BCUT2D eigenvalue weighted by atomic mass is 9.96. The number of halogens is 2. The van der Waals surface area contributed by atoms with Crippen LogP contribution in [0.25, 0.3) is 11.4 Å². The van der Waals surface area contributed by atoms with Gasteiger partial charge in [-0.25, -0.2) is 0 Å². The molecule has 5 rings (SSSR count). The summed E-state index contributed by atoms with van der Waals surface area (Å²) >= 11 is 12.2. The molecular formula is C27H25Cl2N5O4.